The van der Waals surface area contributed by atoms with Crippen LogP contribution in [0.15, 0.2) is 50.5 Å². The summed E-state index contributed by atoms with van der Waals surface area (Å²) in [6.45, 7) is 1.88. The van der Waals surface area contributed by atoms with E-state index in [0.717, 1.165) is 5.56 Å². The first-order valence-corrected chi connectivity index (χ1v) is 8.18. The minimum absolute atomic E-state index is 0.0182. The molecule has 3 aromatic rings. The predicted molar refractivity (Wildman–Crippen MR) is 85.4 cm³/mol. The Balaban J connectivity index is 2.01. The molecule has 120 valence electrons. The topological polar surface area (TPSA) is 101 Å². The third-order valence-electron chi connectivity index (χ3n) is 3.30. The van der Waals surface area contributed by atoms with Crippen molar-refractivity contribution in [3.8, 4) is 5.75 Å². The van der Waals surface area contributed by atoms with Gasteiger partial charge < -0.3 is 9.15 Å². The summed E-state index contributed by atoms with van der Waals surface area (Å²) in [5.41, 5.74) is 1.88. The fraction of sp³-hybridized carbons (Fsp3) is 0.133. The Morgan fingerprint density at radius 3 is 2.70 bits per heavy atom. The van der Waals surface area contributed by atoms with E-state index in [-0.39, 0.29) is 10.5 Å². The number of fused-ring (bicyclic) bond motifs is 1. The maximum atomic E-state index is 12.5. The zero-order valence-corrected chi connectivity index (χ0v) is 13.2. The zero-order chi connectivity index (χ0) is 16.6. The van der Waals surface area contributed by atoms with E-state index in [1.807, 2.05) is 6.92 Å². The average Bonchev–Trinajstić information content (AvgIpc) is 2.87. The molecule has 0 aliphatic carbocycles. The van der Waals surface area contributed by atoms with Gasteiger partial charge in [-0.3, -0.25) is 9.71 Å². The van der Waals surface area contributed by atoms with Crippen LogP contribution in [0.25, 0.3) is 11.1 Å². The first-order valence-electron chi connectivity index (χ1n) is 6.69. The Bertz CT molecular complexity index is 1030. The minimum atomic E-state index is -3.85. The number of anilines is 1. The molecule has 2 N–H and O–H groups in total. The lowest BCUT2D eigenvalue weighted by Crippen LogP contribution is -2.13. The van der Waals surface area contributed by atoms with Crippen LogP contribution in [0.3, 0.4) is 0 Å². The molecule has 1 aromatic heterocycles. The third-order valence-corrected chi connectivity index (χ3v) is 4.67. The maximum Gasteiger partial charge on any atom is 0.417 e. The van der Waals surface area contributed by atoms with Crippen molar-refractivity contribution in [2.45, 2.75) is 11.8 Å². The molecule has 0 amide bonds. The van der Waals surface area contributed by atoms with Crippen LogP contribution < -0.4 is 15.2 Å². The van der Waals surface area contributed by atoms with Crippen LogP contribution in [0.4, 0.5) is 5.69 Å². The molecule has 0 fully saturated rings. The van der Waals surface area contributed by atoms with E-state index in [2.05, 4.69) is 9.71 Å². The standard InChI is InChI=1S/C15H14N2O5S/c1-9-3-5-12(13(7-9)21-2)17-23(19,20)10-4-6-11-14(8-10)22-15(18)16-11/h3-8,17H,1-2H3,(H,16,18). The molecule has 7 nitrogen and oxygen atoms in total. The number of aryl methyl sites for hydroxylation is 1. The molecule has 0 bridgehead atoms. The number of benzene rings is 2. The van der Waals surface area contributed by atoms with Gasteiger partial charge in [-0.05, 0) is 36.8 Å². The van der Waals surface area contributed by atoms with E-state index in [1.165, 1.54) is 25.3 Å². The van der Waals surface area contributed by atoms with Gasteiger partial charge >= 0.3 is 5.76 Å². The first kappa shape index (κ1) is 15.2. The number of aromatic nitrogens is 1. The molecule has 0 saturated heterocycles. The second kappa shape index (κ2) is 5.47. The molecule has 0 unspecified atom stereocenters. The highest BCUT2D eigenvalue weighted by molar-refractivity contribution is 7.92. The van der Waals surface area contributed by atoms with Crippen LogP contribution in [-0.2, 0) is 10.0 Å². The third kappa shape index (κ3) is 2.93. The number of rotatable bonds is 4. The van der Waals surface area contributed by atoms with Crippen LogP contribution in [0.5, 0.6) is 5.75 Å². The molecule has 0 atom stereocenters. The summed E-state index contributed by atoms with van der Waals surface area (Å²) in [6.07, 6.45) is 0. The van der Waals surface area contributed by atoms with Gasteiger partial charge in [0.05, 0.1) is 23.2 Å². The number of hydrogen-bond donors (Lipinski definition) is 2. The second-order valence-corrected chi connectivity index (χ2v) is 6.66. The molecular formula is C15H14N2O5S. The van der Waals surface area contributed by atoms with Crippen molar-refractivity contribution in [2.24, 2.45) is 0 Å². The number of sulfonamides is 1. The summed E-state index contributed by atoms with van der Waals surface area (Å²) in [7, 11) is -2.38. The fourth-order valence-corrected chi connectivity index (χ4v) is 3.26. The van der Waals surface area contributed by atoms with Gasteiger partial charge in [0.1, 0.15) is 5.75 Å². The van der Waals surface area contributed by atoms with Crippen molar-refractivity contribution in [2.75, 3.05) is 11.8 Å². The number of methoxy groups -OCH3 is 1. The van der Waals surface area contributed by atoms with Gasteiger partial charge in [-0.2, -0.15) is 0 Å². The lowest BCUT2D eigenvalue weighted by atomic mass is 10.2. The summed E-state index contributed by atoms with van der Waals surface area (Å²) in [5, 5.41) is 0. The minimum Gasteiger partial charge on any atom is -0.495 e. The highest BCUT2D eigenvalue weighted by Gasteiger charge is 2.18. The number of oxazole rings is 1. The van der Waals surface area contributed by atoms with E-state index in [0.29, 0.717) is 17.0 Å². The Hall–Kier alpha value is -2.74. The van der Waals surface area contributed by atoms with E-state index in [1.54, 1.807) is 18.2 Å². The number of H-pyrrole nitrogens is 1. The summed E-state index contributed by atoms with van der Waals surface area (Å²) >= 11 is 0. The average molecular weight is 334 g/mol. The maximum absolute atomic E-state index is 12.5. The number of ether oxygens (including phenoxy) is 1. The molecule has 2 aromatic carbocycles. The van der Waals surface area contributed by atoms with Crippen LogP contribution in [-0.4, -0.2) is 20.5 Å². The van der Waals surface area contributed by atoms with Gasteiger partial charge in [-0.1, -0.05) is 6.07 Å². The van der Waals surface area contributed by atoms with E-state index >= 15 is 0 Å². The molecule has 8 heteroatoms. The van der Waals surface area contributed by atoms with Crippen molar-refractivity contribution in [3.05, 3.63) is 52.5 Å². The smallest absolute Gasteiger partial charge is 0.417 e. The summed E-state index contributed by atoms with van der Waals surface area (Å²) in [4.78, 5) is 13.6. The van der Waals surface area contributed by atoms with Crippen molar-refractivity contribution in [1.82, 2.24) is 4.98 Å². The molecule has 0 saturated carbocycles. The Morgan fingerprint density at radius 2 is 1.96 bits per heavy atom. The van der Waals surface area contributed by atoms with Crippen molar-refractivity contribution in [3.63, 3.8) is 0 Å². The largest absolute Gasteiger partial charge is 0.495 e. The van der Waals surface area contributed by atoms with Crippen LogP contribution in [0, 0.1) is 6.92 Å². The molecule has 3 rings (SSSR count). The fourth-order valence-electron chi connectivity index (χ4n) is 2.18. The number of aromatic amines is 1. The lowest BCUT2D eigenvalue weighted by molar-refractivity contribution is 0.416. The molecule has 0 radical (unpaired) electrons. The monoisotopic (exact) mass is 334 g/mol. The van der Waals surface area contributed by atoms with Gasteiger partial charge in [-0.15, -0.1) is 0 Å². The molecule has 0 spiro atoms. The van der Waals surface area contributed by atoms with Gasteiger partial charge in [-0.25, -0.2) is 13.2 Å². The zero-order valence-electron chi connectivity index (χ0n) is 12.4. The van der Waals surface area contributed by atoms with Gasteiger partial charge in [0, 0.05) is 6.07 Å². The van der Waals surface area contributed by atoms with E-state index < -0.39 is 15.8 Å². The molecule has 1 heterocycles. The first-order chi connectivity index (χ1) is 10.9. The van der Waals surface area contributed by atoms with Crippen molar-refractivity contribution >= 4 is 26.8 Å². The Labute approximate surface area is 131 Å². The van der Waals surface area contributed by atoms with Gasteiger partial charge in [0.25, 0.3) is 10.0 Å². The summed E-state index contributed by atoms with van der Waals surface area (Å²) in [5.74, 6) is -0.217. The highest BCUT2D eigenvalue weighted by Crippen LogP contribution is 2.28. The predicted octanol–water partition coefficient (Wildman–Crippen LogP) is 2.24. The normalized spacial score (nSPS) is 11.6. The molecular weight excluding hydrogens is 320 g/mol. The second-order valence-electron chi connectivity index (χ2n) is 4.98. The summed E-state index contributed by atoms with van der Waals surface area (Å²) in [6, 6.07) is 9.27. The van der Waals surface area contributed by atoms with Crippen molar-refractivity contribution in [1.29, 1.82) is 0 Å². The molecule has 23 heavy (non-hydrogen) atoms. The Kier molecular flexibility index (Phi) is 3.61. The SMILES string of the molecule is COc1cc(C)ccc1NS(=O)(=O)c1ccc2[nH]c(=O)oc2c1. The highest BCUT2D eigenvalue weighted by atomic mass is 32.2. The van der Waals surface area contributed by atoms with Crippen molar-refractivity contribution < 1.29 is 17.6 Å². The Morgan fingerprint density at radius 1 is 1.17 bits per heavy atom. The lowest BCUT2D eigenvalue weighted by Gasteiger charge is -2.12. The van der Waals surface area contributed by atoms with Gasteiger partial charge in [0.15, 0.2) is 5.58 Å². The number of nitrogens with one attached hydrogen (secondary N) is 2. The van der Waals surface area contributed by atoms with Crippen LogP contribution in [0.2, 0.25) is 0 Å². The van der Waals surface area contributed by atoms with E-state index in [4.69, 9.17) is 9.15 Å². The summed E-state index contributed by atoms with van der Waals surface area (Å²) < 4.78 is 37.6. The molecule has 0 aliphatic rings. The van der Waals surface area contributed by atoms with Crippen LogP contribution in [0.1, 0.15) is 5.56 Å². The quantitative estimate of drug-likeness (QED) is 0.762. The van der Waals surface area contributed by atoms with Gasteiger partial charge in [0.2, 0.25) is 0 Å². The van der Waals surface area contributed by atoms with Crippen LogP contribution >= 0.6 is 0 Å². The van der Waals surface area contributed by atoms with E-state index in [9.17, 15) is 13.2 Å². The molecule has 0 aliphatic heterocycles. The number of hydrogen-bond acceptors (Lipinski definition) is 5.